The molecular formula is C8H6NO. The fraction of sp³-hybridized carbons (Fsp3) is 0. The molecule has 1 N–H and O–H groups in total. The molecule has 0 amide bonds. The lowest BCUT2D eigenvalue weighted by Crippen LogP contribution is -2.19. The summed E-state index contributed by atoms with van der Waals surface area (Å²) in [6.07, 6.45) is 3.50. The van der Waals surface area contributed by atoms with Crippen molar-refractivity contribution in [2.45, 2.75) is 0 Å². The zero-order valence-corrected chi connectivity index (χ0v) is 5.28. The molecule has 0 aromatic heterocycles. The Morgan fingerprint density at radius 3 is 2.80 bits per heavy atom. The average Bonchev–Trinajstić information content (AvgIpc) is 2.33. The highest BCUT2D eigenvalue weighted by Crippen LogP contribution is 1.98. The summed E-state index contributed by atoms with van der Waals surface area (Å²) in [4.78, 5) is 0. The highest BCUT2D eigenvalue weighted by Gasteiger charge is 1.93. The predicted octanol–water partition coefficient (Wildman–Crippen LogP) is -0.514. The Balaban J connectivity index is 2.88. The maximum absolute atomic E-state index is 9.02. The molecule has 0 saturated heterocycles. The van der Waals surface area contributed by atoms with Crippen molar-refractivity contribution in [3.05, 3.63) is 28.6 Å². The van der Waals surface area contributed by atoms with Gasteiger partial charge in [-0.2, -0.15) is 0 Å². The van der Waals surface area contributed by atoms with Crippen LogP contribution in [0.1, 0.15) is 0 Å². The van der Waals surface area contributed by atoms with Crippen LogP contribution in [-0.4, -0.2) is 5.11 Å². The number of phenolic OH excluding ortho intramolecular Hbond substituents is 1. The first-order valence-corrected chi connectivity index (χ1v) is 3.06. The SMILES string of the molecule is Oc1ccc2c(c1)=C[N]C=2. The van der Waals surface area contributed by atoms with Gasteiger partial charge in [-0.25, -0.2) is 0 Å². The van der Waals surface area contributed by atoms with Crippen LogP contribution in [-0.2, 0) is 0 Å². The van der Waals surface area contributed by atoms with Gasteiger partial charge in [-0.3, -0.25) is 5.32 Å². The molecule has 0 atom stereocenters. The van der Waals surface area contributed by atoms with E-state index in [9.17, 15) is 0 Å². The van der Waals surface area contributed by atoms with Crippen molar-refractivity contribution in [3.8, 4) is 5.75 Å². The highest BCUT2D eigenvalue weighted by atomic mass is 16.3. The van der Waals surface area contributed by atoms with Gasteiger partial charge in [0.25, 0.3) is 0 Å². The molecule has 1 aromatic carbocycles. The number of hydrogen-bond donors (Lipinski definition) is 1. The van der Waals surface area contributed by atoms with Crippen LogP contribution in [0.5, 0.6) is 5.75 Å². The molecule has 0 saturated carbocycles. The molecule has 2 rings (SSSR count). The van der Waals surface area contributed by atoms with Crippen molar-refractivity contribution in [2.75, 3.05) is 0 Å². The minimum Gasteiger partial charge on any atom is -0.508 e. The van der Waals surface area contributed by atoms with Gasteiger partial charge < -0.3 is 5.11 Å². The molecule has 0 spiro atoms. The first-order valence-electron chi connectivity index (χ1n) is 3.06. The molecule has 0 bridgehead atoms. The topological polar surface area (TPSA) is 34.3 Å². The lowest BCUT2D eigenvalue weighted by Gasteiger charge is -1.86. The fourth-order valence-electron chi connectivity index (χ4n) is 0.989. The summed E-state index contributed by atoms with van der Waals surface area (Å²) in [6, 6.07) is 5.20. The Bertz CT molecular complexity index is 367. The molecule has 1 aliphatic rings. The molecule has 1 aromatic rings. The zero-order valence-electron chi connectivity index (χ0n) is 5.28. The molecule has 2 nitrogen and oxygen atoms in total. The molecule has 0 aliphatic carbocycles. The largest absolute Gasteiger partial charge is 0.508 e. The van der Waals surface area contributed by atoms with Gasteiger partial charge in [0.15, 0.2) is 0 Å². The van der Waals surface area contributed by atoms with E-state index in [0.717, 1.165) is 10.4 Å². The minimum absolute atomic E-state index is 0.292. The van der Waals surface area contributed by atoms with E-state index in [1.54, 1.807) is 24.5 Å². The van der Waals surface area contributed by atoms with Crippen LogP contribution in [0.4, 0.5) is 0 Å². The van der Waals surface area contributed by atoms with E-state index in [4.69, 9.17) is 5.11 Å². The number of nitrogens with zero attached hydrogens (tertiary/aromatic N) is 1. The predicted molar refractivity (Wildman–Crippen MR) is 38.4 cm³/mol. The number of rotatable bonds is 0. The molecule has 2 heteroatoms. The fourth-order valence-corrected chi connectivity index (χ4v) is 0.989. The molecule has 0 fully saturated rings. The molecule has 49 valence electrons. The first kappa shape index (κ1) is 5.35. The Morgan fingerprint density at radius 2 is 1.90 bits per heavy atom. The third-order valence-corrected chi connectivity index (χ3v) is 1.50. The average molecular weight is 132 g/mol. The van der Waals surface area contributed by atoms with Gasteiger partial charge in [0.05, 0.1) is 0 Å². The minimum atomic E-state index is 0.292. The van der Waals surface area contributed by atoms with E-state index >= 15 is 0 Å². The number of phenols is 1. The van der Waals surface area contributed by atoms with Crippen molar-refractivity contribution in [2.24, 2.45) is 0 Å². The van der Waals surface area contributed by atoms with Crippen LogP contribution in [0.2, 0.25) is 0 Å². The second-order valence-corrected chi connectivity index (χ2v) is 2.22. The summed E-state index contributed by atoms with van der Waals surface area (Å²) < 4.78 is 0. The molecule has 1 radical (unpaired) electrons. The summed E-state index contributed by atoms with van der Waals surface area (Å²) in [5, 5.41) is 15.0. The number of hydrogen-bond acceptors (Lipinski definition) is 1. The lowest BCUT2D eigenvalue weighted by atomic mass is 10.2. The van der Waals surface area contributed by atoms with Crippen LogP contribution >= 0.6 is 0 Å². The summed E-state index contributed by atoms with van der Waals surface area (Å²) in [5.74, 6) is 0.292. The smallest absolute Gasteiger partial charge is 0.116 e. The molecule has 1 heterocycles. The van der Waals surface area contributed by atoms with Crippen molar-refractivity contribution >= 4 is 12.4 Å². The van der Waals surface area contributed by atoms with Crippen molar-refractivity contribution in [3.63, 3.8) is 0 Å². The molecular weight excluding hydrogens is 126 g/mol. The Hall–Kier alpha value is -1.44. The van der Waals surface area contributed by atoms with Crippen LogP contribution in [0.25, 0.3) is 12.4 Å². The van der Waals surface area contributed by atoms with Gasteiger partial charge in [0.2, 0.25) is 0 Å². The third-order valence-electron chi connectivity index (χ3n) is 1.50. The van der Waals surface area contributed by atoms with Crippen molar-refractivity contribution < 1.29 is 5.11 Å². The summed E-state index contributed by atoms with van der Waals surface area (Å²) >= 11 is 0. The maximum atomic E-state index is 9.02. The molecule has 1 aliphatic heterocycles. The maximum Gasteiger partial charge on any atom is 0.116 e. The van der Waals surface area contributed by atoms with E-state index in [2.05, 4.69) is 5.32 Å². The zero-order chi connectivity index (χ0) is 6.97. The van der Waals surface area contributed by atoms with Crippen molar-refractivity contribution in [1.82, 2.24) is 5.32 Å². The van der Waals surface area contributed by atoms with E-state index in [0.29, 0.717) is 5.75 Å². The molecule has 0 unspecified atom stereocenters. The number of benzene rings is 1. The Labute approximate surface area is 58.1 Å². The van der Waals surface area contributed by atoms with Gasteiger partial charge in [-0.1, -0.05) is 0 Å². The van der Waals surface area contributed by atoms with Crippen LogP contribution in [0.15, 0.2) is 18.2 Å². The van der Waals surface area contributed by atoms with Crippen LogP contribution in [0.3, 0.4) is 0 Å². The number of aromatic hydroxyl groups is 1. The number of fused-ring (bicyclic) bond motifs is 1. The van der Waals surface area contributed by atoms with Gasteiger partial charge >= 0.3 is 0 Å². The van der Waals surface area contributed by atoms with Crippen LogP contribution in [0, 0.1) is 0 Å². The van der Waals surface area contributed by atoms with Gasteiger partial charge in [0.1, 0.15) is 5.75 Å². The highest BCUT2D eigenvalue weighted by molar-refractivity contribution is 5.44. The normalized spacial score (nSPS) is 12.8. The first-order chi connectivity index (χ1) is 4.86. The summed E-state index contributed by atoms with van der Waals surface area (Å²) in [6.45, 7) is 0. The van der Waals surface area contributed by atoms with Gasteiger partial charge in [-0.15, -0.1) is 0 Å². The Kier molecular flexibility index (Phi) is 0.947. The lowest BCUT2D eigenvalue weighted by molar-refractivity contribution is 0.474. The second kappa shape index (κ2) is 1.77. The van der Waals surface area contributed by atoms with Crippen LogP contribution < -0.4 is 15.8 Å². The molecule has 10 heavy (non-hydrogen) atoms. The van der Waals surface area contributed by atoms with E-state index in [1.807, 2.05) is 6.07 Å². The third kappa shape index (κ3) is 0.658. The Morgan fingerprint density at radius 1 is 1.10 bits per heavy atom. The van der Waals surface area contributed by atoms with E-state index < -0.39 is 0 Å². The van der Waals surface area contributed by atoms with Gasteiger partial charge in [-0.05, 0) is 18.2 Å². The summed E-state index contributed by atoms with van der Waals surface area (Å²) in [7, 11) is 0. The van der Waals surface area contributed by atoms with Gasteiger partial charge in [0, 0.05) is 22.8 Å². The monoisotopic (exact) mass is 132 g/mol. The van der Waals surface area contributed by atoms with E-state index in [1.165, 1.54) is 0 Å². The quantitative estimate of drug-likeness (QED) is 0.506. The standard InChI is InChI=1S/C8H6NO/c10-8-2-1-6-4-9-5-7(6)3-8/h1-5,10H. The van der Waals surface area contributed by atoms with Crippen molar-refractivity contribution in [1.29, 1.82) is 0 Å². The summed E-state index contributed by atoms with van der Waals surface area (Å²) in [5.41, 5.74) is 0. The van der Waals surface area contributed by atoms with E-state index in [-0.39, 0.29) is 0 Å². The second-order valence-electron chi connectivity index (χ2n) is 2.22.